The van der Waals surface area contributed by atoms with Gasteiger partial charge >= 0.3 is 0 Å². The molecule has 2 aliphatic rings. The summed E-state index contributed by atoms with van der Waals surface area (Å²) in [5, 5.41) is 3.87. The van der Waals surface area contributed by atoms with E-state index in [1.54, 1.807) is 0 Å². The van der Waals surface area contributed by atoms with Crippen LogP contribution in [0.25, 0.3) is 0 Å². The molecule has 0 aromatic heterocycles. The lowest BCUT2D eigenvalue weighted by atomic mass is 9.64. The first-order valence-electron chi connectivity index (χ1n) is 7.67. The van der Waals surface area contributed by atoms with Gasteiger partial charge in [-0.3, -0.25) is 0 Å². The maximum atomic E-state index is 5.80. The minimum Gasteiger partial charge on any atom is -0.378 e. The standard InChI is InChI=1S/C15H30N2O/c1-5-17-9-7-12(8-10-17)16-13-11-14(18-6-2)15(13,3)4/h12-14,16H,5-11H2,1-4H3. The number of ether oxygens (including phenoxy) is 1. The molecule has 18 heavy (non-hydrogen) atoms. The highest BCUT2D eigenvalue weighted by molar-refractivity contribution is 5.04. The lowest BCUT2D eigenvalue weighted by Gasteiger charge is -2.53. The number of nitrogens with one attached hydrogen (secondary N) is 1. The molecule has 0 amide bonds. The second kappa shape index (κ2) is 5.89. The van der Waals surface area contributed by atoms with Crippen LogP contribution in [0.2, 0.25) is 0 Å². The molecule has 1 aliphatic heterocycles. The van der Waals surface area contributed by atoms with Crippen molar-refractivity contribution in [1.29, 1.82) is 0 Å². The molecular formula is C15H30N2O. The van der Waals surface area contributed by atoms with Gasteiger partial charge < -0.3 is 15.0 Å². The predicted molar refractivity (Wildman–Crippen MR) is 75.9 cm³/mol. The second-order valence-electron chi connectivity index (χ2n) is 6.43. The summed E-state index contributed by atoms with van der Waals surface area (Å²) >= 11 is 0. The van der Waals surface area contributed by atoms with Crippen molar-refractivity contribution in [3.05, 3.63) is 0 Å². The first-order chi connectivity index (χ1) is 8.57. The first kappa shape index (κ1) is 14.3. The third kappa shape index (κ3) is 2.89. The van der Waals surface area contributed by atoms with Crippen molar-refractivity contribution >= 4 is 0 Å². The molecule has 3 nitrogen and oxygen atoms in total. The van der Waals surface area contributed by atoms with E-state index in [4.69, 9.17) is 4.74 Å². The maximum absolute atomic E-state index is 5.80. The van der Waals surface area contributed by atoms with Crippen LogP contribution in [0.3, 0.4) is 0 Å². The molecule has 2 atom stereocenters. The van der Waals surface area contributed by atoms with Crippen LogP contribution in [0, 0.1) is 5.41 Å². The Balaban J connectivity index is 1.75. The fourth-order valence-corrected chi connectivity index (χ4v) is 3.35. The zero-order chi connectivity index (χ0) is 13.2. The molecule has 0 bridgehead atoms. The molecule has 1 saturated carbocycles. The van der Waals surface area contributed by atoms with Crippen molar-refractivity contribution < 1.29 is 4.74 Å². The van der Waals surface area contributed by atoms with Crippen molar-refractivity contribution in [2.75, 3.05) is 26.2 Å². The van der Waals surface area contributed by atoms with Gasteiger partial charge in [-0.1, -0.05) is 20.8 Å². The Labute approximate surface area is 112 Å². The van der Waals surface area contributed by atoms with E-state index in [2.05, 4.69) is 37.9 Å². The third-order valence-corrected chi connectivity index (χ3v) is 5.02. The van der Waals surface area contributed by atoms with Crippen LogP contribution in [-0.4, -0.2) is 49.3 Å². The Morgan fingerprint density at radius 3 is 2.39 bits per heavy atom. The van der Waals surface area contributed by atoms with Gasteiger partial charge in [-0.15, -0.1) is 0 Å². The molecule has 1 N–H and O–H groups in total. The normalized spacial score (nSPS) is 33.3. The van der Waals surface area contributed by atoms with Crippen LogP contribution in [-0.2, 0) is 4.74 Å². The van der Waals surface area contributed by atoms with Crippen LogP contribution in [0.15, 0.2) is 0 Å². The van der Waals surface area contributed by atoms with Gasteiger partial charge in [-0.2, -0.15) is 0 Å². The zero-order valence-electron chi connectivity index (χ0n) is 12.5. The summed E-state index contributed by atoms with van der Waals surface area (Å²) in [7, 11) is 0. The predicted octanol–water partition coefficient (Wildman–Crippen LogP) is 2.26. The molecule has 0 aromatic carbocycles. The van der Waals surface area contributed by atoms with E-state index in [1.165, 1.54) is 38.9 Å². The molecule has 1 aliphatic carbocycles. The van der Waals surface area contributed by atoms with E-state index in [9.17, 15) is 0 Å². The smallest absolute Gasteiger partial charge is 0.0655 e. The molecular weight excluding hydrogens is 224 g/mol. The molecule has 2 rings (SSSR count). The molecule has 1 heterocycles. The van der Waals surface area contributed by atoms with Crippen molar-refractivity contribution in [3.63, 3.8) is 0 Å². The SMILES string of the molecule is CCOC1CC(NC2CCN(CC)CC2)C1(C)C. The highest BCUT2D eigenvalue weighted by Gasteiger charge is 2.49. The van der Waals surface area contributed by atoms with Gasteiger partial charge in [0, 0.05) is 24.1 Å². The molecule has 3 heteroatoms. The molecule has 0 spiro atoms. The Morgan fingerprint density at radius 1 is 1.22 bits per heavy atom. The van der Waals surface area contributed by atoms with Gasteiger partial charge in [0.2, 0.25) is 0 Å². The largest absolute Gasteiger partial charge is 0.378 e. The molecule has 0 aromatic rings. The number of likely N-dealkylation sites (tertiary alicyclic amines) is 1. The van der Waals surface area contributed by atoms with Gasteiger partial charge in [0.05, 0.1) is 6.10 Å². The lowest BCUT2D eigenvalue weighted by Crippen LogP contribution is -2.63. The summed E-state index contributed by atoms with van der Waals surface area (Å²) in [6.45, 7) is 13.6. The first-order valence-corrected chi connectivity index (χ1v) is 7.67. The molecule has 0 radical (unpaired) electrons. The number of hydrogen-bond donors (Lipinski definition) is 1. The summed E-state index contributed by atoms with van der Waals surface area (Å²) in [4.78, 5) is 2.55. The monoisotopic (exact) mass is 254 g/mol. The van der Waals surface area contributed by atoms with Crippen LogP contribution < -0.4 is 5.32 Å². The number of nitrogens with zero attached hydrogens (tertiary/aromatic N) is 1. The Kier molecular flexibility index (Phi) is 4.68. The van der Waals surface area contributed by atoms with Gasteiger partial charge in [0.1, 0.15) is 0 Å². The highest BCUT2D eigenvalue weighted by atomic mass is 16.5. The second-order valence-corrected chi connectivity index (χ2v) is 6.43. The fraction of sp³-hybridized carbons (Fsp3) is 1.00. The summed E-state index contributed by atoms with van der Waals surface area (Å²) in [6, 6.07) is 1.37. The van der Waals surface area contributed by atoms with Crippen molar-refractivity contribution in [2.24, 2.45) is 5.41 Å². The van der Waals surface area contributed by atoms with E-state index < -0.39 is 0 Å². The van der Waals surface area contributed by atoms with Gasteiger partial charge in [-0.05, 0) is 45.8 Å². The van der Waals surface area contributed by atoms with E-state index in [-0.39, 0.29) is 0 Å². The van der Waals surface area contributed by atoms with Crippen LogP contribution in [0.5, 0.6) is 0 Å². The van der Waals surface area contributed by atoms with E-state index in [0.717, 1.165) is 12.6 Å². The van der Waals surface area contributed by atoms with Crippen LogP contribution >= 0.6 is 0 Å². The molecule has 2 unspecified atom stereocenters. The summed E-state index contributed by atoms with van der Waals surface area (Å²) in [5.74, 6) is 0. The average Bonchev–Trinajstić information content (AvgIpc) is 2.38. The number of rotatable bonds is 5. The van der Waals surface area contributed by atoms with Crippen molar-refractivity contribution in [3.8, 4) is 0 Å². The summed E-state index contributed by atoms with van der Waals surface area (Å²) in [6.07, 6.45) is 4.25. The minimum atomic E-state index is 0.303. The van der Waals surface area contributed by atoms with E-state index in [1.807, 2.05) is 0 Å². The van der Waals surface area contributed by atoms with Gasteiger partial charge in [0.25, 0.3) is 0 Å². The van der Waals surface area contributed by atoms with Gasteiger partial charge in [-0.25, -0.2) is 0 Å². The van der Waals surface area contributed by atoms with Gasteiger partial charge in [0.15, 0.2) is 0 Å². The van der Waals surface area contributed by atoms with E-state index in [0.29, 0.717) is 17.6 Å². The molecule has 1 saturated heterocycles. The third-order valence-electron chi connectivity index (χ3n) is 5.02. The minimum absolute atomic E-state index is 0.303. The average molecular weight is 254 g/mol. The molecule has 106 valence electrons. The topological polar surface area (TPSA) is 24.5 Å². The zero-order valence-corrected chi connectivity index (χ0v) is 12.5. The highest BCUT2D eigenvalue weighted by Crippen LogP contribution is 2.43. The number of piperidine rings is 1. The van der Waals surface area contributed by atoms with Crippen molar-refractivity contribution in [2.45, 2.75) is 65.1 Å². The quantitative estimate of drug-likeness (QED) is 0.814. The van der Waals surface area contributed by atoms with Crippen LogP contribution in [0.1, 0.15) is 47.0 Å². The van der Waals surface area contributed by atoms with Crippen molar-refractivity contribution in [1.82, 2.24) is 10.2 Å². The summed E-state index contributed by atoms with van der Waals surface area (Å²) < 4.78 is 5.80. The Hall–Kier alpha value is -0.120. The Morgan fingerprint density at radius 2 is 1.89 bits per heavy atom. The lowest BCUT2D eigenvalue weighted by molar-refractivity contribution is -0.117. The molecule has 2 fully saturated rings. The van der Waals surface area contributed by atoms with E-state index >= 15 is 0 Å². The maximum Gasteiger partial charge on any atom is 0.0655 e. The summed E-state index contributed by atoms with van der Waals surface area (Å²) in [5.41, 5.74) is 0.303. The Bertz CT molecular complexity index is 259. The van der Waals surface area contributed by atoms with Crippen LogP contribution in [0.4, 0.5) is 0 Å². The number of hydrogen-bond acceptors (Lipinski definition) is 3. The fourth-order valence-electron chi connectivity index (χ4n) is 3.35.